The van der Waals surface area contributed by atoms with Crippen molar-refractivity contribution in [3.05, 3.63) is 29.3 Å². The molecule has 1 amide bonds. The van der Waals surface area contributed by atoms with Gasteiger partial charge < -0.3 is 14.8 Å². The van der Waals surface area contributed by atoms with Gasteiger partial charge in [-0.1, -0.05) is 18.5 Å². The highest BCUT2D eigenvalue weighted by atomic mass is 35.5. The summed E-state index contributed by atoms with van der Waals surface area (Å²) in [6, 6.07) is 7.01. The number of ether oxygens (including phenoxy) is 2. The minimum absolute atomic E-state index is 0.0991. The van der Waals surface area contributed by atoms with E-state index in [9.17, 15) is 4.79 Å². The van der Waals surface area contributed by atoms with Gasteiger partial charge in [-0.25, -0.2) is 0 Å². The largest absolute Gasteiger partial charge is 0.481 e. The number of hydrogen-bond acceptors (Lipinski definition) is 3. The molecule has 2 atom stereocenters. The molecule has 0 saturated carbocycles. The van der Waals surface area contributed by atoms with Crippen LogP contribution in [0.3, 0.4) is 0 Å². The zero-order chi connectivity index (χ0) is 14.4. The number of hydrogen-bond donors (Lipinski definition) is 1. The molecule has 1 heterocycles. The van der Waals surface area contributed by atoms with Crippen LogP contribution in [0.25, 0.3) is 0 Å². The highest BCUT2D eigenvalue weighted by Crippen LogP contribution is 2.18. The van der Waals surface area contributed by atoms with Crippen molar-refractivity contribution >= 4 is 17.5 Å². The number of benzene rings is 1. The van der Waals surface area contributed by atoms with Gasteiger partial charge >= 0.3 is 0 Å². The van der Waals surface area contributed by atoms with Gasteiger partial charge in [-0.2, -0.15) is 0 Å². The number of amides is 1. The van der Waals surface area contributed by atoms with Gasteiger partial charge in [0.15, 0.2) is 6.10 Å². The molecule has 0 aromatic heterocycles. The van der Waals surface area contributed by atoms with E-state index in [4.69, 9.17) is 21.1 Å². The van der Waals surface area contributed by atoms with Crippen molar-refractivity contribution in [2.24, 2.45) is 0 Å². The molecular weight excluding hydrogens is 278 g/mol. The predicted molar refractivity (Wildman–Crippen MR) is 78.1 cm³/mol. The summed E-state index contributed by atoms with van der Waals surface area (Å²) in [4.78, 5) is 12.1. The lowest BCUT2D eigenvalue weighted by molar-refractivity contribution is -0.128. The third-order valence-corrected chi connectivity index (χ3v) is 3.54. The summed E-state index contributed by atoms with van der Waals surface area (Å²) >= 11 is 5.82. The van der Waals surface area contributed by atoms with E-state index in [1.54, 1.807) is 24.3 Å². The molecule has 0 spiro atoms. The second-order valence-corrected chi connectivity index (χ2v) is 5.29. The Labute approximate surface area is 124 Å². The number of rotatable bonds is 6. The lowest BCUT2D eigenvalue weighted by Gasteiger charge is -2.18. The second-order valence-electron chi connectivity index (χ2n) is 4.85. The number of halogens is 1. The zero-order valence-corrected chi connectivity index (χ0v) is 12.4. The first kappa shape index (κ1) is 15.1. The Morgan fingerprint density at radius 1 is 1.50 bits per heavy atom. The molecule has 1 aromatic carbocycles. The van der Waals surface area contributed by atoms with Gasteiger partial charge in [0.1, 0.15) is 5.75 Å². The van der Waals surface area contributed by atoms with Crippen LogP contribution >= 0.6 is 11.6 Å². The normalized spacial score (nSPS) is 19.6. The van der Waals surface area contributed by atoms with Crippen LogP contribution < -0.4 is 10.1 Å². The number of carbonyl (C=O) groups is 1. The molecule has 4 nitrogen and oxygen atoms in total. The number of carbonyl (C=O) groups excluding carboxylic acids is 1. The van der Waals surface area contributed by atoms with Crippen LogP contribution in [-0.2, 0) is 9.53 Å². The molecule has 1 fully saturated rings. The van der Waals surface area contributed by atoms with Gasteiger partial charge in [-0.15, -0.1) is 0 Å². The van der Waals surface area contributed by atoms with Crippen LogP contribution in [-0.4, -0.2) is 31.3 Å². The smallest absolute Gasteiger partial charge is 0.261 e. The van der Waals surface area contributed by atoms with Gasteiger partial charge in [0.05, 0.1) is 6.10 Å². The number of nitrogens with one attached hydrogen (secondary N) is 1. The van der Waals surface area contributed by atoms with Crippen molar-refractivity contribution in [2.45, 2.75) is 38.4 Å². The zero-order valence-electron chi connectivity index (χ0n) is 11.6. The molecule has 2 rings (SSSR count). The average molecular weight is 298 g/mol. The summed E-state index contributed by atoms with van der Waals surface area (Å²) in [5.74, 6) is 0.548. The van der Waals surface area contributed by atoms with E-state index in [0.29, 0.717) is 23.7 Å². The van der Waals surface area contributed by atoms with Gasteiger partial charge in [-0.05, 0) is 43.5 Å². The fourth-order valence-corrected chi connectivity index (χ4v) is 2.26. The Hall–Kier alpha value is -1.26. The van der Waals surface area contributed by atoms with Crippen molar-refractivity contribution in [3.8, 4) is 5.75 Å². The Morgan fingerprint density at radius 2 is 2.25 bits per heavy atom. The third-order valence-electron chi connectivity index (χ3n) is 3.28. The Balaban J connectivity index is 1.83. The van der Waals surface area contributed by atoms with E-state index in [2.05, 4.69) is 5.32 Å². The van der Waals surface area contributed by atoms with Crippen molar-refractivity contribution in [1.82, 2.24) is 5.32 Å². The summed E-state index contributed by atoms with van der Waals surface area (Å²) in [6.07, 6.45) is 2.35. The van der Waals surface area contributed by atoms with E-state index in [1.807, 2.05) is 6.92 Å². The average Bonchev–Trinajstić information content (AvgIpc) is 2.97. The van der Waals surface area contributed by atoms with Crippen molar-refractivity contribution < 1.29 is 14.3 Å². The van der Waals surface area contributed by atoms with Crippen LogP contribution in [0.2, 0.25) is 5.02 Å². The van der Waals surface area contributed by atoms with E-state index >= 15 is 0 Å². The second kappa shape index (κ2) is 7.50. The maximum Gasteiger partial charge on any atom is 0.261 e. The summed E-state index contributed by atoms with van der Waals surface area (Å²) in [6.45, 7) is 3.27. The molecule has 1 N–H and O–H groups in total. The molecule has 5 heteroatoms. The molecule has 1 saturated heterocycles. The van der Waals surface area contributed by atoms with Gasteiger partial charge in [0, 0.05) is 18.2 Å². The summed E-state index contributed by atoms with van der Waals surface area (Å²) in [7, 11) is 0. The lowest BCUT2D eigenvalue weighted by Crippen LogP contribution is -2.41. The first-order valence-corrected chi connectivity index (χ1v) is 7.38. The summed E-state index contributed by atoms with van der Waals surface area (Å²) in [5, 5.41) is 3.54. The topological polar surface area (TPSA) is 47.6 Å². The Kier molecular flexibility index (Phi) is 5.68. The molecule has 110 valence electrons. The quantitative estimate of drug-likeness (QED) is 0.878. The molecule has 0 unspecified atom stereocenters. The monoisotopic (exact) mass is 297 g/mol. The van der Waals surface area contributed by atoms with E-state index < -0.39 is 6.10 Å². The molecule has 1 aliphatic rings. The first-order chi connectivity index (χ1) is 9.69. The van der Waals surface area contributed by atoms with Gasteiger partial charge in [-0.3, -0.25) is 4.79 Å². The fraction of sp³-hybridized carbons (Fsp3) is 0.533. The van der Waals surface area contributed by atoms with Crippen molar-refractivity contribution in [2.75, 3.05) is 13.2 Å². The van der Waals surface area contributed by atoms with Crippen LogP contribution in [0.1, 0.15) is 26.2 Å². The lowest BCUT2D eigenvalue weighted by atomic mass is 10.2. The Morgan fingerprint density at radius 3 is 2.85 bits per heavy atom. The van der Waals surface area contributed by atoms with E-state index in [0.717, 1.165) is 19.4 Å². The minimum Gasteiger partial charge on any atom is -0.481 e. The van der Waals surface area contributed by atoms with Crippen LogP contribution in [0, 0.1) is 0 Å². The molecular formula is C15H20ClNO3. The highest BCUT2D eigenvalue weighted by Gasteiger charge is 2.21. The minimum atomic E-state index is -0.488. The van der Waals surface area contributed by atoms with E-state index in [1.165, 1.54) is 0 Å². The molecule has 0 aliphatic carbocycles. The highest BCUT2D eigenvalue weighted by molar-refractivity contribution is 6.30. The fourth-order valence-electron chi connectivity index (χ4n) is 2.13. The molecule has 0 radical (unpaired) electrons. The molecule has 1 aromatic rings. The van der Waals surface area contributed by atoms with Crippen LogP contribution in [0.4, 0.5) is 0 Å². The summed E-state index contributed by atoms with van der Waals surface area (Å²) < 4.78 is 11.2. The van der Waals surface area contributed by atoms with Gasteiger partial charge in [0.2, 0.25) is 0 Å². The van der Waals surface area contributed by atoms with Crippen molar-refractivity contribution in [1.29, 1.82) is 0 Å². The molecule has 1 aliphatic heterocycles. The van der Waals surface area contributed by atoms with Gasteiger partial charge in [0.25, 0.3) is 5.91 Å². The molecule has 20 heavy (non-hydrogen) atoms. The van der Waals surface area contributed by atoms with Crippen LogP contribution in [0.15, 0.2) is 24.3 Å². The molecule has 0 bridgehead atoms. The SMILES string of the molecule is CC[C@H](Oc1ccc(Cl)cc1)C(=O)NC[C@H]1CCCO1. The Bertz CT molecular complexity index is 429. The standard InChI is InChI=1S/C15H20ClNO3/c1-2-14(20-12-7-5-11(16)6-8-12)15(18)17-10-13-4-3-9-19-13/h5-8,13-14H,2-4,9-10H2,1H3,(H,17,18)/t13-,14+/m1/s1. The maximum absolute atomic E-state index is 12.1. The summed E-state index contributed by atoms with van der Waals surface area (Å²) in [5.41, 5.74) is 0. The van der Waals surface area contributed by atoms with E-state index in [-0.39, 0.29) is 12.0 Å². The third kappa shape index (κ3) is 4.39. The first-order valence-electron chi connectivity index (χ1n) is 7.00. The van der Waals surface area contributed by atoms with Crippen LogP contribution in [0.5, 0.6) is 5.75 Å². The maximum atomic E-state index is 12.1. The van der Waals surface area contributed by atoms with Crippen molar-refractivity contribution in [3.63, 3.8) is 0 Å². The predicted octanol–water partition coefficient (Wildman–Crippen LogP) is 2.79.